The third kappa shape index (κ3) is 3.75. The second kappa shape index (κ2) is 7.47. The Kier molecular flexibility index (Phi) is 5.13. The number of para-hydroxylation sites is 1. The van der Waals surface area contributed by atoms with Crippen molar-refractivity contribution < 1.29 is 0 Å². The van der Waals surface area contributed by atoms with Crippen LogP contribution in [-0.4, -0.2) is 23.1 Å². The lowest BCUT2D eigenvalue weighted by atomic mass is 10.2. The zero-order chi connectivity index (χ0) is 16.9. The fourth-order valence-electron chi connectivity index (χ4n) is 2.55. The van der Waals surface area contributed by atoms with Gasteiger partial charge >= 0.3 is 0 Å². The van der Waals surface area contributed by atoms with Crippen LogP contribution < -0.4 is 16.1 Å². The van der Waals surface area contributed by atoms with Crippen molar-refractivity contribution in [2.75, 3.05) is 18.4 Å². The van der Waals surface area contributed by atoms with E-state index in [0.717, 1.165) is 30.2 Å². The molecule has 3 rings (SSSR count). The van der Waals surface area contributed by atoms with Gasteiger partial charge in [-0.25, -0.2) is 4.98 Å². The smallest absolute Gasteiger partial charge is 0.189 e. The highest BCUT2D eigenvalue weighted by atomic mass is 35.5. The third-order valence-electron chi connectivity index (χ3n) is 3.79. The Morgan fingerprint density at radius 1 is 1.21 bits per heavy atom. The van der Waals surface area contributed by atoms with Gasteiger partial charge < -0.3 is 15.6 Å². The van der Waals surface area contributed by atoms with Gasteiger partial charge in [-0.15, -0.1) is 0 Å². The molecule has 0 unspecified atom stereocenters. The van der Waals surface area contributed by atoms with Crippen LogP contribution in [0.25, 0.3) is 10.9 Å². The molecule has 0 amide bonds. The molecule has 3 N–H and O–H groups in total. The number of fused-ring (bicyclic) bond motifs is 1. The molecule has 0 aliphatic carbocycles. The minimum Gasteiger partial charge on any atom is -0.369 e. The number of anilines is 1. The van der Waals surface area contributed by atoms with Crippen LogP contribution in [0.15, 0.2) is 47.4 Å². The van der Waals surface area contributed by atoms with Crippen molar-refractivity contribution in [2.24, 2.45) is 0 Å². The Morgan fingerprint density at radius 2 is 2.08 bits per heavy atom. The number of aryl methyl sites for hydroxylation is 1. The number of H-pyrrole nitrogens is 1. The fraction of sp³-hybridized carbons (Fsp3) is 0.222. The number of nitrogens with one attached hydrogen (secondary N) is 3. The van der Waals surface area contributed by atoms with Gasteiger partial charge in [-0.1, -0.05) is 23.7 Å². The van der Waals surface area contributed by atoms with Crippen molar-refractivity contribution >= 4 is 28.3 Å². The molecule has 0 radical (unpaired) electrons. The summed E-state index contributed by atoms with van der Waals surface area (Å²) in [6, 6.07) is 10.9. The topological polar surface area (TPSA) is 69.8 Å². The second-order valence-electron chi connectivity index (χ2n) is 5.59. The molecular formula is C18H19ClN4O. The molecule has 0 aliphatic rings. The van der Waals surface area contributed by atoms with E-state index in [1.54, 1.807) is 30.5 Å². The molecule has 0 saturated heterocycles. The van der Waals surface area contributed by atoms with Gasteiger partial charge in [-0.3, -0.25) is 4.79 Å². The minimum atomic E-state index is -0.0229. The first-order valence-electron chi connectivity index (χ1n) is 7.82. The fourth-order valence-corrected chi connectivity index (χ4v) is 2.77. The van der Waals surface area contributed by atoms with Crippen LogP contribution in [0.2, 0.25) is 5.02 Å². The van der Waals surface area contributed by atoms with Crippen LogP contribution in [0.4, 0.5) is 5.82 Å². The summed E-state index contributed by atoms with van der Waals surface area (Å²) >= 11 is 6.16. The number of halogens is 1. The molecule has 24 heavy (non-hydrogen) atoms. The predicted molar refractivity (Wildman–Crippen MR) is 98.7 cm³/mol. The van der Waals surface area contributed by atoms with E-state index in [9.17, 15) is 4.79 Å². The maximum atomic E-state index is 12.1. The summed E-state index contributed by atoms with van der Waals surface area (Å²) in [4.78, 5) is 19.7. The molecule has 0 fully saturated rings. The predicted octanol–water partition coefficient (Wildman–Crippen LogP) is 3.09. The molecule has 2 aromatic heterocycles. The zero-order valence-electron chi connectivity index (χ0n) is 13.4. The Balaban J connectivity index is 1.57. The van der Waals surface area contributed by atoms with Gasteiger partial charge in [0, 0.05) is 43.0 Å². The monoisotopic (exact) mass is 342 g/mol. The standard InChI is InChI=1S/C18H19ClN4O/c1-12-4-3-7-21-18(12)22-9-8-20-11-13-10-16(24)14-5-2-6-15(19)17(14)23-13/h2-7,10,20H,8-9,11H2,1H3,(H,21,22)(H,23,24). The molecule has 0 aliphatic heterocycles. The first-order valence-corrected chi connectivity index (χ1v) is 8.19. The zero-order valence-corrected chi connectivity index (χ0v) is 14.2. The first kappa shape index (κ1) is 16.5. The van der Waals surface area contributed by atoms with Gasteiger partial charge in [0.2, 0.25) is 0 Å². The third-order valence-corrected chi connectivity index (χ3v) is 4.10. The van der Waals surface area contributed by atoms with Crippen LogP contribution in [-0.2, 0) is 6.54 Å². The van der Waals surface area contributed by atoms with E-state index in [1.807, 2.05) is 19.1 Å². The molecule has 0 saturated carbocycles. The normalized spacial score (nSPS) is 10.9. The maximum Gasteiger partial charge on any atom is 0.189 e. The van der Waals surface area contributed by atoms with E-state index in [1.165, 1.54) is 0 Å². The highest BCUT2D eigenvalue weighted by Gasteiger charge is 2.05. The molecule has 0 bridgehead atoms. The largest absolute Gasteiger partial charge is 0.369 e. The maximum absolute atomic E-state index is 12.1. The van der Waals surface area contributed by atoms with E-state index in [-0.39, 0.29) is 5.43 Å². The number of nitrogens with zero attached hydrogens (tertiary/aromatic N) is 1. The Morgan fingerprint density at radius 3 is 2.92 bits per heavy atom. The van der Waals surface area contributed by atoms with Gasteiger partial charge in [-0.05, 0) is 30.7 Å². The summed E-state index contributed by atoms with van der Waals surface area (Å²) < 4.78 is 0. The van der Waals surface area contributed by atoms with E-state index < -0.39 is 0 Å². The van der Waals surface area contributed by atoms with Crippen LogP contribution >= 0.6 is 11.6 Å². The van der Waals surface area contributed by atoms with E-state index >= 15 is 0 Å². The van der Waals surface area contributed by atoms with Crippen molar-refractivity contribution in [1.82, 2.24) is 15.3 Å². The summed E-state index contributed by atoms with van der Waals surface area (Å²) in [6.45, 7) is 4.08. The van der Waals surface area contributed by atoms with Crippen LogP contribution in [0, 0.1) is 6.92 Å². The lowest BCUT2D eigenvalue weighted by Crippen LogP contribution is -2.23. The lowest BCUT2D eigenvalue weighted by molar-refractivity contribution is 0.693. The van der Waals surface area contributed by atoms with E-state index in [4.69, 9.17) is 11.6 Å². The molecule has 3 aromatic rings. The summed E-state index contributed by atoms with van der Waals surface area (Å²) in [6.07, 6.45) is 1.77. The van der Waals surface area contributed by atoms with Crippen LogP contribution in [0.1, 0.15) is 11.3 Å². The summed E-state index contributed by atoms with van der Waals surface area (Å²) in [5.41, 5.74) is 2.59. The molecule has 5 nitrogen and oxygen atoms in total. The number of benzene rings is 1. The van der Waals surface area contributed by atoms with Gasteiger partial charge in [0.25, 0.3) is 0 Å². The number of aromatic amines is 1. The highest BCUT2D eigenvalue weighted by Crippen LogP contribution is 2.18. The van der Waals surface area contributed by atoms with Gasteiger partial charge in [0.15, 0.2) is 5.43 Å². The Hall–Kier alpha value is -2.37. The summed E-state index contributed by atoms with van der Waals surface area (Å²) in [5.74, 6) is 0.894. The van der Waals surface area contributed by atoms with Crippen molar-refractivity contribution in [1.29, 1.82) is 0 Å². The van der Waals surface area contributed by atoms with Crippen molar-refractivity contribution in [3.05, 3.63) is 69.1 Å². The van der Waals surface area contributed by atoms with E-state index in [2.05, 4.69) is 20.6 Å². The SMILES string of the molecule is Cc1cccnc1NCCNCc1cc(=O)c2cccc(Cl)c2[nH]1. The molecule has 1 aromatic carbocycles. The highest BCUT2D eigenvalue weighted by molar-refractivity contribution is 6.35. The van der Waals surface area contributed by atoms with Crippen molar-refractivity contribution in [3.63, 3.8) is 0 Å². The number of rotatable bonds is 6. The number of hydrogen-bond acceptors (Lipinski definition) is 4. The number of hydrogen-bond donors (Lipinski definition) is 3. The average Bonchev–Trinajstić information content (AvgIpc) is 2.57. The van der Waals surface area contributed by atoms with Crippen LogP contribution in [0.3, 0.4) is 0 Å². The van der Waals surface area contributed by atoms with Crippen LogP contribution in [0.5, 0.6) is 0 Å². The average molecular weight is 343 g/mol. The molecular weight excluding hydrogens is 324 g/mol. The second-order valence-corrected chi connectivity index (χ2v) is 6.00. The van der Waals surface area contributed by atoms with Gasteiger partial charge in [-0.2, -0.15) is 0 Å². The molecule has 0 atom stereocenters. The number of aromatic nitrogens is 2. The summed E-state index contributed by atoms with van der Waals surface area (Å²) in [5, 5.41) is 7.75. The van der Waals surface area contributed by atoms with Crippen molar-refractivity contribution in [2.45, 2.75) is 13.5 Å². The van der Waals surface area contributed by atoms with Gasteiger partial charge in [0.1, 0.15) is 5.82 Å². The first-order chi connectivity index (χ1) is 11.6. The quantitative estimate of drug-likeness (QED) is 0.602. The van der Waals surface area contributed by atoms with Gasteiger partial charge in [0.05, 0.1) is 10.5 Å². The number of pyridine rings is 2. The molecule has 6 heteroatoms. The lowest BCUT2D eigenvalue weighted by Gasteiger charge is -2.10. The molecule has 124 valence electrons. The minimum absolute atomic E-state index is 0.0229. The molecule has 2 heterocycles. The Bertz CT molecular complexity index is 907. The Labute approximate surface area is 145 Å². The van der Waals surface area contributed by atoms with E-state index in [0.29, 0.717) is 22.5 Å². The van der Waals surface area contributed by atoms with Crippen molar-refractivity contribution in [3.8, 4) is 0 Å². The summed E-state index contributed by atoms with van der Waals surface area (Å²) in [7, 11) is 0. The molecule has 0 spiro atoms.